The van der Waals surface area contributed by atoms with E-state index in [1.54, 1.807) is 0 Å². The number of rotatable bonds is 6. The molecule has 0 fully saturated rings. The zero-order valence-electron chi connectivity index (χ0n) is 10.5. The number of nitrogens with one attached hydrogen (secondary N) is 1. The van der Waals surface area contributed by atoms with Gasteiger partial charge in [0.05, 0.1) is 14.1 Å². The zero-order chi connectivity index (χ0) is 12.0. The van der Waals surface area contributed by atoms with Crippen molar-refractivity contribution in [2.75, 3.05) is 34.2 Å². The van der Waals surface area contributed by atoms with Crippen LogP contribution < -0.4 is 5.32 Å². The molecular weight excluding hydrogens is 200 g/mol. The van der Waals surface area contributed by atoms with Gasteiger partial charge in [-0.15, -0.1) is 0 Å². The molecule has 1 rings (SSSR count). The minimum atomic E-state index is -0.288. The maximum atomic E-state index is 9.78. The van der Waals surface area contributed by atoms with E-state index in [0.717, 1.165) is 17.6 Å². The second-order valence-electron chi connectivity index (χ2n) is 4.97. The van der Waals surface area contributed by atoms with Gasteiger partial charge < -0.3 is 14.9 Å². The smallest absolute Gasteiger partial charge is 0.115 e. The summed E-state index contributed by atoms with van der Waals surface area (Å²) in [5.41, 5.74) is 1.31. The Morgan fingerprint density at radius 2 is 1.88 bits per heavy atom. The molecule has 3 heteroatoms. The average Bonchev–Trinajstić information content (AvgIpc) is 2.17. The quantitative estimate of drug-likeness (QED) is 0.701. The number of likely N-dealkylation sites (N-methyl/N-ethyl adjacent to an activating group) is 2. The zero-order valence-corrected chi connectivity index (χ0v) is 10.5. The van der Waals surface area contributed by atoms with Gasteiger partial charge >= 0.3 is 0 Å². The summed E-state index contributed by atoms with van der Waals surface area (Å²) in [6, 6.07) is 10.4. The minimum absolute atomic E-state index is 0.288. The Balaban J connectivity index is 2.51. The van der Waals surface area contributed by atoms with Crippen LogP contribution in [0.5, 0.6) is 0 Å². The number of nitrogens with zero attached hydrogens (tertiary/aromatic N) is 1. The maximum Gasteiger partial charge on any atom is 0.115 e. The molecule has 0 bridgehead atoms. The summed E-state index contributed by atoms with van der Waals surface area (Å²) in [5.74, 6) is 0. The van der Waals surface area contributed by atoms with Crippen molar-refractivity contribution < 1.29 is 9.59 Å². The SMILES string of the molecule is CNCC(O)C[N+](C)(C)Cc1ccccc1. The molecule has 1 aromatic rings. The van der Waals surface area contributed by atoms with Crippen LogP contribution in [0.3, 0.4) is 0 Å². The lowest BCUT2D eigenvalue weighted by molar-refractivity contribution is -0.906. The van der Waals surface area contributed by atoms with E-state index in [9.17, 15) is 5.11 Å². The van der Waals surface area contributed by atoms with Gasteiger partial charge in [-0.1, -0.05) is 30.3 Å². The summed E-state index contributed by atoms with van der Waals surface area (Å²) in [6.07, 6.45) is -0.288. The Morgan fingerprint density at radius 3 is 2.44 bits per heavy atom. The minimum Gasteiger partial charge on any atom is -0.386 e. The largest absolute Gasteiger partial charge is 0.386 e. The van der Waals surface area contributed by atoms with E-state index in [-0.39, 0.29) is 6.10 Å². The van der Waals surface area contributed by atoms with Crippen LogP contribution in [0.25, 0.3) is 0 Å². The molecule has 3 nitrogen and oxygen atoms in total. The number of hydrogen-bond acceptors (Lipinski definition) is 2. The predicted octanol–water partition coefficient (Wildman–Crippen LogP) is 0.843. The van der Waals surface area contributed by atoms with Crippen molar-refractivity contribution >= 4 is 0 Å². The molecule has 90 valence electrons. The number of quaternary nitrogens is 1. The van der Waals surface area contributed by atoms with Crippen LogP contribution in [0.1, 0.15) is 5.56 Å². The highest BCUT2D eigenvalue weighted by atomic mass is 16.3. The fourth-order valence-corrected chi connectivity index (χ4v) is 2.01. The van der Waals surface area contributed by atoms with Gasteiger partial charge in [-0.25, -0.2) is 0 Å². The third kappa shape index (κ3) is 4.75. The lowest BCUT2D eigenvalue weighted by atomic mass is 10.2. The number of hydrogen-bond donors (Lipinski definition) is 2. The first-order chi connectivity index (χ1) is 7.53. The molecule has 1 unspecified atom stereocenters. The van der Waals surface area contributed by atoms with Crippen molar-refractivity contribution in [3.63, 3.8) is 0 Å². The Hall–Kier alpha value is -0.900. The molecule has 0 amide bonds. The van der Waals surface area contributed by atoms with Crippen LogP contribution in [0.15, 0.2) is 30.3 Å². The molecule has 0 spiro atoms. The van der Waals surface area contributed by atoms with Crippen LogP contribution in [0.4, 0.5) is 0 Å². The second kappa shape index (κ2) is 5.99. The molecule has 2 N–H and O–H groups in total. The highest BCUT2D eigenvalue weighted by molar-refractivity contribution is 5.13. The van der Waals surface area contributed by atoms with Gasteiger partial charge in [0.25, 0.3) is 0 Å². The summed E-state index contributed by atoms with van der Waals surface area (Å²) in [7, 11) is 6.15. The van der Waals surface area contributed by atoms with E-state index >= 15 is 0 Å². The Labute approximate surface area is 98.3 Å². The molecule has 0 aliphatic heterocycles. The maximum absolute atomic E-state index is 9.78. The van der Waals surface area contributed by atoms with Crippen LogP contribution >= 0.6 is 0 Å². The standard InChI is InChI=1S/C13H23N2O/c1-14-9-13(16)11-15(2,3)10-12-7-5-4-6-8-12/h4-8,13-14,16H,9-11H2,1-3H3/q+1. The van der Waals surface area contributed by atoms with Gasteiger partial charge in [-0.3, -0.25) is 0 Å². The highest BCUT2D eigenvalue weighted by Gasteiger charge is 2.20. The Morgan fingerprint density at radius 1 is 1.25 bits per heavy atom. The van der Waals surface area contributed by atoms with Gasteiger partial charge in [0.15, 0.2) is 0 Å². The van der Waals surface area contributed by atoms with Gasteiger partial charge in [0, 0.05) is 12.1 Å². The topological polar surface area (TPSA) is 32.3 Å². The van der Waals surface area contributed by atoms with Crippen molar-refractivity contribution in [3.05, 3.63) is 35.9 Å². The van der Waals surface area contributed by atoms with Crippen LogP contribution in [0.2, 0.25) is 0 Å². The number of aliphatic hydroxyl groups excluding tert-OH is 1. The van der Waals surface area contributed by atoms with Crippen molar-refractivity contribution in [2.24, 2.45) is 0 Å². The first-order valence-corrected chi connectivity index (χ1v) is 5.72. The van der Waals surface area contributed by atoms with Gasteiger partial charge in [-0.05, 0) is 7.05 Å². The lowest BCUT2D eigenvalue weighted by Crippen LogP contribution is -2.47. The molecule has 1 aromatic carbocycles. The third-order valence-electron chi connectivity index (χ3n) is 2.60. The van der Waals surface area contributed by atoms with Gasteiger partial charge in [0.2, 0.25) is 0 Å². The molecular formula is C13H23N2O+. The molecule has 0 saturated carbocycles. The Bertz CT molecular complexity index is 298. The van der Waals surface area contributed by atoms with E-state index in [1.807, 2.05) is 13.1 Å². The molecule has 0 aliphatic carbocycles. The summed E-state index contributed by atoms with van der Waals surface area (Å²) < 4.78 is 0.798. The highest BCUT2D eigenvalue weighted by Crippen LogP contribution is 2.09. The van der Waals surface area contributed by atoms with Crippen LogP contribution in [-0.4, -0.2) is 49.9 Å². The first kappa shape index (κ1) is 13.2. The van der Waals surface area contributed by atoms with Gasteiger partial charge in [-0.2, -0.15) is 0 Å². The molecule has 0 radical (unpaired) electrons. The number of benzene rings is 1. The fourth-order valence-electron chi connectivity index (χ4n) is 2.01. The molecule has 1 atom stereocenters. The second-order valence-corrected chi connectivity index (χ2v) is 4.97. The van der Waals surface area contributed by atoms with E-state index in [2.05, 4.69) is 43.7 Å². The van der Waals surface area contributed by atoms with Crippen molar-refractivity contribution in [3.8, 4) is 0 Å². The molecule has 0 heterocycles. The van der Waals surface area contributed by atoms with Gasteiger partial charge in [0.1, 0.15) is 19.2 Å². The summed E-state index contributed by atoms with van der Waals surface area (Å²) >= 11 is 0. The third-order valence-corrected chi connectivity index (χ3v) is 2.60. The van der Waals surface area contributed by atoms with E-state index < -0.39 is 0 Å². The Kier molecular flexibility index (Phi) is 4.93. The van der Waals surface area contributed by atoms with Crippen LogP contribution in [-0.2, 0) is 6.54 Å². The number of aliphatic hydroxyl groups is 1. The van der Waals surface area contributed by atoms with Crippen molar-refractivity contribution in [2.45, 2.75) is 12.6 Å². The summed E-state index contributed by atoms with van der Waals surface area (Å²) in [4.78, 5) is 0. The van der Waals surface area contributed by atoms with Crippen molar-refractivity contribution in [1.82, 2.24) is 5.32 Å². The van der Waals surface area contributed by atoms with E-state index in [1.165, 1.54) is 5.56 Å². The lowest BCUT2D eigenvalue weighted by Gasteiger charge is -2.32. The fraction of sp³-hybridized carbons (Fsp3) is 0.538. The first-order valence-electron chi connectivity index (χ1n) is 5.72. The van der Waals surface area contributed by atoms with Crippen LogP contribution in [0, 0.1) is 0 Å². The molecule has 16 heavy (non-hydrogen) atoms. The van der Waals surface area contributed by atoms with E-state index in [4.69, 9.17) is 0 Å². The molecule has 0 saturated heterocycles. The monoisotopic (exact) mass is 223 g/mol. The average molecular weight is 223 g/mol. The van der Waals surface area contributed by atoms with Crippen molar-refractivity contribution in [1.29, 1.82) is 0 Å². The molecule has 0 aliphatic rings. The summed E-state index contributed by atoms with van der Waals surface area (Å²) in [6.45, 7) is 2.35. The molecule has 0 aromatic heterocycles. The predicted molar refractivity (Wildman–Crippen MR) is 67.1 cm³/mol. The summed E-state index contributed by atoms with van der Waals surface area (Å²) in [5, 5.41) is 12.8. The normalized spacial score (nSPS) is 13.8. The van der Waals surface area contributed by atoms with E-state index in [0.29, 0.717) is 6.54 Å².